The van der Waals surface area contributed by atoms with E-state index in [2.05, 4.69) is 15.7 Å². The van der Waals surface area contributed by atoms with Crippen LogP contribution in [0.3, 0.4) is 0 Å². The van der Waals surface area contributed by atoms with Gasteiger partial charge in [0.15, 0.2) is 0 Å². The van der Waals surface area contributed by atoms with Crippen LogP contribution in [0.2, 0.25) is 0 Å². The Hall–Kier alpha value is -2.70. The molecule has 0 saturated heterocycles. The molecule has 1 aliphatic heterocycles. The van der Waals surface area contributed by atoms with Crippen molar-refractivity contribution in [3.05, 3.63) is 30.3 Å². The van der Waals surface area contributed by atoms with E-state index in [1.807, 2.05) is 13.0 Å². The van der Waals surface area contributed by atoms with E-state index in [0.29, 0.717) is 12.2 Å². The SMILES string of the molecule is CCCNC(=O)C(C)NC(=O)C1=NN(c2ccccc2)C(=O)CC1. The largest absolute Gasteiger partial charge is 0.354 e. The first kappa shape index (κ1) is 17.7. The van der Waals surface area contributed by atoms with Gasteiger partial charge in [-0.3, -0.25) is 14.4 Å². The zero-order valence-corrected chi connectivity index (χ0v) is 13.9. The summed E-state index contributed by atoms with van der Waals surface area (Å²) in [5, 5.41) is 10.7. The van der Waals surface area contributed by atoms with Crippen LogP contribution in [-0.2, 0) is 14.4 Å². The second-order valence-corrected chi connectivity index (χ2v) is 5.57. The van der Waals surface area contributed by atoms with Crippen LogP contribution >= 0.6 is 0 Å². The van der Waals surface area contributed by atoms with Crippen molar-refractivity contribution in [2.75, 3.05) is 11.6 Å². The van der Waals surface area contributed by atoms with E-state index in [1.165, 1.54) is 5.01 Å². The van der Waals surface area contributed by atoms with E-state index in [9.17, 15) is 14.4 Å². The maximum atomic E-state index is 12.3. The molecule has 1 heterocycles. The van der Waals surface area contributed by atoms with Crippen molar-refractivity contribution in [2.24, 2.45) is 5.10 Å². The molecule has 3 amide bonds. The number of hydrogen-bond acceptors (Lipinski definition) is 4. The van der Waals surface area contributed by atoms with Gasteiger partial charge in [0.1, 0.15) is 11.8 Å². The highest BCUT2D eigenvalue weighted by Gasteiger charge is 2.27. The summed E-state index contributed by atoms with van der Waals surface area (Å²) >= 11 is 0. The van der Waals surface area contributed by atoms with Crippen LogP contribution in [0, 0.1) is 0 Å². The molecule has 24 heavy (non-hydrogen) atoms. The minimum absolute atomic E-state index is 0.161. The van der Waals surface area contributed by atoms with Crippen molar-refractivity contribution in [1.82, 2.24) is 10.6 Å². The Balaban J connectivity index is 2.06. The molecule has 1 aromatic rings. The highest BCUT2D eigenvalue weighted by atomic mass is 16.2. The third-order valence-electron chi connectivity index (χ3n) is 3.59. The van der Waals surface area contributed by atoms with Gasteiger partial charge in [0, 0.05) is 19.4 Å². The van der Waals surface area contributed by atoms with Gasteiger partial charge in [0.25, 0.3) is 5.91 Å². The minimum Gasteiger partial charge on any atom is -0.354 e. The molecule has 2 rings (SSSR count). The average molecular weight is 330 g/mol. The Bertz CT molecular complexity index is 642. The summed E-state index contributed by atoms with van der Waals surface area (Å²) in [6.45, 7) is 4.14. The van der Waals surface area contributed by atoms with Crippen LogP contribution in [0.5, 0.6) is 0 Å². The van der Waals surface area contributed by atoms with Gasteiger partial charge in [-0.2, -0.15) is 5.10 Å². The van der Waals surface area contributed by atoms with Crippen molar-refractivity contribution in [2.45, 2.75) is 39.2 Å². The summed E-state index contributed by atoms with van der Waals surface area (Å²) in [4.78, 5) is 36.2. The van der Waals surface area contributed by atoms with Gasteiger partial charge < -0.3 is 10.6 Å². The molecule has 7 heteroatoms. The number of carbonyl (C=O) groups is 3. The fraction of sp³-hybridized carbons (Fsp3) is 0.412. The molecule has 1 atom stereocenters. The molecule has 7 nitrogen and oxygen atoms in total. The van der Waals surface area contributed by atoms with Crippen LogP contribution in [0.4, 0.5) is 5.69 Å². The second kappa shape index (κ2) is 8.24. The summed E-state index contributed by atoms with van der Waals surface area (Å²) in [7, 11) is 0. The van der Waals surface area contributed by atoms with Gasteiger partial charge in [-0.25, -0.2) is 5.01 Å². The quantitative estimate of drug-likeness (QED) is 0.821. The Morgan fingerprint density at radius 1 is 1.25 bits per heavy atom. The third kappa shape index (κ3) is 4.41. The zero-order chi connectivity index (χ0) is 17.5. The van der Waals surface area contributed by atoms with Crippen molar-refractivity contribution < 1.29 is 14.4 Å². The zero-order valence-electron chi connectivity index (χ0n) is 13.9. The number of amides is 3. The number of hydrazone groups is 1. The van der Waals surface area contributed by atoms with E-state index in [1.54, 1.807) is 31.2 Å². The monoisotopic (exact) mass is 330 g/mol. The number of nitrogens with zero attached hydrogens (tertiary/aromatic N) is 2. The van der Waals surface area contributed by atoms with E-state index in [0.717, 1.165) is 6.42 Å². The van der Waals surface area contributed by atoms with Crippen LogP contribution in [-0.4, -0.2) is 36.0 Å². The predicted molar refractivity (Wildman–Crippen MR) is 91.5 cm³/mol. The van der Waals surface area contributed by atoms with E-state index in [-0.39, 0.29) is 30.4 Å². The van der Waals surface area contributed by atoms with E-state index >= 15 is 0 Å². The number of rotatable bonds is 6. The maximum Gasteiger partial charge on any atom is 0.268 e. The van der Waals surface area contributed by atoms with Gasteiger partial charge in [-0.05, 0) is 25.5 Å². The van der Waals surface area contributed by atoms with Crippen molar-refractivity contribution >= 4 is 29.1 Å². The summed E-state index contributed by atoms with van der Waals surface area (Å²) in [5.41, 5.74) is 0.856. The first-order chi connectivity index (χ1) is 11.5. The van der Waals surface area contributed by atoms with Crippen LogP contribution in [0.25, 0.3) is 0 Å². The number of para-hydroxylation sites is 1. The summed E-state index contributed by atoms with van der Waals surface area (Å²) in [5.74, 6) is -0.827. The molecular formula is C17H22N4O3. The molecule has 1 aromatic carbocycles. The van der Waals surface area contributed by atoms with Crippen molar-refractivity contribution in [3.8, 4) is 0 Å². The topological polar surface area (TPSA) is 90.9 Å². The third-order valence-corrected chi connectivity index (χ3v) is 3.59. The average Bonchev–Trinajstić information content (AvgIpc) is 2.60. The molecule has 0 fully saturated rings. The lowest BCUT2D eigenvalue weighted by Crippen LogP contribution is -2.48. The Morgan fingerprint density at radius 2 is 1.96 bits per heavy atom. The number of anilines is 1. The molecule has 128 valence electrons. The van der Waals surface area contributed by atoms with Gasteiger partial charge in [0.05, 0.1) is 5.69 Å². The van der Waals surface area contributed by atoms with Gasteiger partial charge in [-0.15, -0.1) is 0 Å². The Labute approximate surface area is 141 Å². The van der Waals surface area contributed by atoms with E-state index < -0.39 is 11.9 Å². The van der Waals surface area contributed by atoms with E-state index in [4.69, 9.17) is 0 Å². The first-order valence-electron chi connectivity index (χ1n) is 8.07. The molecule has 0 aromatic heterocycles. The lowest BCUT2D eigenvalue weighted by Gasteiger charge is -2.23. The van der Waals surface area contributed by atoms with Crippen molar-refractivity contribution in [1.29, 1.82) is 0 Å². The highest BCUT2D eigenvalue weighted by molar-refractivity contribution is 6.40. The molecule has 1 unspecified atom stereocenters. The number of nitrogens with one attached hydrogen (secondary N) is 2. The number of benzene rings is 1. The first-order valence-corrected chi connectivity index (χ1v) is 8.07. The molecular weight excluding hydrogens is 308 g/mol. The Morgan fingerprint density at radius 3 is 2.62 bits per heavy atom. The van der Waals surface area contributed by atoms with Crippen molar-refractivity contribution in [3.63, 3.8) is 0 Å². The summed E-state index contributed by atoms with van der Waals surface area (Å²) in [6, 6.07) is 8.28. The highest BCUT2D eigenvalue weighted by Crippen LogP contribution is 2.19. The van der Waals surface area contributed by atoms with Crippen LogP contribution in [0.1, 0.15) is 33.1 Å². The molecule has 0 saturated carbocycles. The smallest absolute Gasteiger partial charge is 0.268 e. The molecule has 1 aliphatic rings. The summed E-state index contributed by atoms with van der Waals surface area (Å²) in [6.07, 6.45) is 1.29. The lowest BCUT2D eigenvalue weighted by atomic mass is 10.1. The number of hydrogen-bond donors (Lipinski definition) is 2. The fourth-order valence-corrected chi connectivity index (χ4v) is 2.23. The molecule has 0 spiro atoms. The van der Waals surface area contributed by atoms with Crippen LogP contribution in [0.15, 0.2) is 35.4 Å². The molecule has 0 radical (unpaired) electrons. The van der Waals surface area contributed by atoms with Gasteiger partial charge >= 0.3 is 0 Å². The second-order valence-electron chi connectivity index (χ2n) is 5.57. The Kier molecular flexibility index (Phi) is 6.06. The van der Waals surface area contributed by atoms with Crippen LogP contribution < -0.4 is 15.6 Å². The van der Waals surface area contributed by atoms with Gasteiger partial charge in [-0.1, -0.05) is 25.1 Å². The summed E-state index contributed by atoms with van der Waals surface area (Å²) < 4.78 is 0. The maximum absolute atomic E-state index is 12.3. The standard InChI is InChI=1S/C17H22N4O3/c1-3-11-18-16(23)12(2)19-17(24)14-9-10-15(22)21(20-14)13-7-5-4-6-8-13/h4-8,12H,3,9-11H2,1-2H3,(H,18,23)(H,19,24). The van der Waals surface area contributed by atoms with Gasteiger partial charge in [0.2, 0.25) is 11.8 Å². The number of carbonyl (C=O) groups excluding carboxylic acids is 3. The fourth-order valence-electron chi connectivity index (χ4n) is 2.23. The molecule has 2 N–H and O–H groups in total. The predicted octanol–water partition coefficient (Wildman–Crippen LogP) is 1.20. The minimum atomic E-state index is -0.658. The molecule has 0 bridgehead atoms. The normalized spacial score (nSPS) is 15.5. The molecule has 0 aliphatic carbocycles. The lowest BCUT2D eigenvalue weighted by molar-refractivity contribution is -0.126.